The Balaban J connectivity index is 1.58. The molecule has 1 aliphatic carbocycles. The van der Waals surface area contributed by atoms with Gasteiger partial charge in [-0.05, 0) is 57.3 Å². The van der Waals surface area contributed by atoms with E-state index in [1.807, 2.05) is 0 Å². The van der Waals surface area contributed by atoms with Crippen LogP contribution in [0.3, 0.4) is 0 Å². The van der Waals surface area contributed by atoms with Crippen molar-refractivity contribution in [2.75, 3.05) is 0 Å². The van der Waals surface area contributed by atoms with E-state index >= 15 is 0 Å². The number of thiazole rings is 1. The molecule has 0 amide bonds. The van der Waals surface area contributed by atoms with Crippen LogP contribution in [0.4, 0.5) is 0 Å². The number of fused-ring (bicyclic) bond motifs is 10. The molecule has 2 heterocycles. The second kappa shape index (κ2) is 6.59. The maximum Gasteiger partial charge on any atom is 0.195 e. The Labute approximate surface area is 207 Å². The monoisotopic (exact) mass is 466 g/mol. The first kappa shape index (κ1) is 19.4. The van der Waals surface area contributed by atoms with E-state index in [1.54, 1.807) is 11.3 Å². The van der Waals surface area contributed by atoms with Crippen LogP contribution in [0.1, 0.15) is 25.0 Å². The predicted molar refractivity (Wildman–Crippen MR) is 149 cm³/mol. The Morgan fingerprint density at radius 1 is 0.686 bits per heavy atom. The van der Waals surface area contributed by atoms with Crippen molar-refractivity contribution < 1.29 is 0 Å². The van der Waals surface area contributed by atoms with Gasteiger partial charge in [0.05, 0.1) is 21.3 Å². The predicted octanol–water partition coefficient (Wildman–Crippen LogP) is 8.85. The summed E-state index contributed by atoms with van der Waals surface area (Å²) in [6.07, 6.45) is 0. The molecule has 0 saturated heterocycles. The molecule has 0 unspecified atom stereocenters. The van der Waals surface area contributed by atoms with Gasteiger partial charge in [-0.1, -0.05) is 98.0 Å². The fourth-order valence-electron chi connectivity index (χ4n) is 6.31. The second-order valence-electron chi connectivity index (χ2n) is 10.0. The highest BCUT2D eigenvalue weighted by Gasteiger charge is 2.37. The smallest absolute Gasteiger partial charge is 0.195 e. The SMILES string of the molecule is CC1(C)c2ccccc2-c2ccc3ccc4c(c5ccccc5n4-c4nc5ccccc5s4)c3c21. The number of rotatable bonds is 1. The zero-order valence-corrected chi connectivity index (χ0v) is 20.4. The van der Waals surface area contributed by atoms with E-state index in [0.29, 0.717) is 0 Å². The van der Waals surface area contributed by atoms with Gasteiger partial charge in [0.2, 0.25) is 0 Å². The quantitative estimate of drug-likeness (QED) is 0.236. The summed E-state index contributed by atoms with van der Waals surface area (Å²) in [6, 6.07) is 35.3. The van der Waals surface area contributed by atoms with Crippen molar-refractivity contribution in [2.45, 2.75) is 19.3 Å². The Bertz CT molecular complexity index is 1950. The first-order valence-electron chi connectivity index (χ1n) is 12.1. The number of aromatic nitrogens is 2. The first-order valence-corrected chi connectivity index (χ1v) is 12.9. The van der Waals surface area contributed by atoms with Crippen LogP contribution in [0.15, 0.2) is 97.1 Å². The molecule has 2 nitrogen and oxygen atoms in total. The minimum absolute atomic E-state index is 0.0706. The highest BCUT2D eigenvalue weighted by atomic mass is 32.1. The maximum atomic E-state index is 5.05. The summed E-state index contributed by atoms with van der Waals surface area (Å²) in [5, 5.41) is 6.30. The van der Waals surface area contributed by atoms with Crippen molar-refractivity contribution >= 4 is 54.1 Å². The molecule has 0 saturated carbocycles. The molecule has 1 aliphatic rings. The summed E-state index contributed by atoms with van der Waals surface area (Å²) < 4.78 is 3.58. The van der Waals surface area contributed by atoms with Crippen molar-refractivity contribution in [2.24, 2.45) is 0 Å². The molecule has 35 heavy (non-hydrogen) atoms. The fraction of sp³-hybridized carbons (Fsp3) is 0.0938. The number of hydrogen-bond donors (Lipinski definition) is 0. The minimum Gasteiger partial charge on any atom is -0.285 e. The molecule has 5 aromatic carbocycles. The van der Waals surface area contributed by atoms with Gasteiger partial charge < -0.3 is 0 Å². The van der Waals surface area contributed by atoms with Gasteiger partial charge in [-0.25, -0.2) is 4.98 Å². The molecule has 2 aromatic heterocycles. The first-order chi connectivity index (χ1) is 17.1. The molecule has 0 bridgehead atoms. The van der Waals surface area contributed by atoms with Crippen LogP contribution in [0.25, 0.3) is 59.1 Å². The van der Waals surface area contributed by atoms with Crippen LogP contribution >= 0.6 is 11.3 Å². The normalized spacial score (nSPS) is 14.2. The summed E-state index contributed by atoms with van der Waals surface area (Å²) in [6.45, 7) is 4.76. The van der Waals surface area contributed by atoms with E-state index in [1.165, 1.54) is 59.5 Å². The average molecular weight is 467 g/mol. The summed E-state index contributed by atoms with van der Waals surface area (Å²) in [4.78, 5) is 5.05. The van der Waals surface area contributed by atoms with Crippen LogP contribution in [0.2, 0.25) is 0 Å². The molecule has 0 fully saturated rings. The van der Waals surface area contributed by atoms with Crippen LogP contribution in [-0.2, 0) is 5.41 Å². The average Bonchev–Trinajstić information content (AvgIpc) is 3.52. The zero-order valence-electron chi connectivity index (χ0n) is 19.5. The lowest BCUT2D eigenvalue weighted by Crippen LogP contribution is -2.15. The van der Waals surface area contributed by atoms with Crippen LogP contribution in [0.5, 0.6) is 0 Å². The summed E-state index contributed by atoms with van der Waals surface area (Å²) in [7, 11) is 0. The Hall–Kier alpha value is -3.95. The van der Waals surface area contributed by atoms with Gasteiger partial charge in [-0.15, -0.1) is 0 Å². The third-order valence-electron chi connectivity index (χ3n) is 7.81. The summed E-state index contributed by atoms with van der Waals surface area (Å²) in [5.74, 6) is 0. The molecule has 166 valence electrons. The van der Waals surface area contributed by atoms with E-state index in [2.05, 4.69) is 115 Å². The van der Waals surface area contributed by atoms with E-state index in [4.69, 9.17) is 4.98 Å². The lowest BCUT2D eigenvalue weighted by atomic mass is 9.79. The molecular weight excluding hydrogens is 444 g/mol. The van der Waals surface area contributed by atoms with Crippen LogP contribution < -0.4 is 0 Å². The molecule has 3 heteroatoms. The number of para-hydroxylation sites is 2. The van der Waals surface area contributed by atoms with Gasteiger partial charge in [-0.2, -0.15) is 0 Å². The van der Waals surface area contributed by atoms with E-state index in [0.717, 1.165) is 10.6 Å². The summed E-state index contributed by atoms with van der Waals surface area (Å²) >= 11 is 1.76. The molecule has 7 aromatic rings. The topological polar surface area (TPSA) is 17.8 Å². The minimum atomic E-state index is -0.0706. The zero-order chi connectivity index (χ0) is 23.3. The lowest BCUT2D eigenvalue weighted by molar-refractivity contribution is 0.666. The largest absolute Gasteiger partial charge is 0.285 e. The highest BCUT2D eigenvalue weighted by molar-refractivity contribution is 7.20. The van der Waals surface area contributed by atoms with Crippen molar-refractivity contribution in [1.82, 2.24) is 9.55 Å². The Morgan fingerprint density at radius 3 is 2.37 bits per heavy atom. The molecule has 0 spiro atoms. The van der Waals surface area contributed by atoms with Gasteiger partial charge >= 0.3 is 0 Å². The standard InChI is InChI=1S/C32H22N2S/c1-32(2)23-11-5-3-9-20(23)21-17-15-19-16-18-26-29(28(19)30(21)32)22-10-4-7-13-25(22)34(26)31-33-24-12-6-8-14-27(24)35-31/h3-18H,1-2H3. The molecule has 0 atom stereocenters. The molecule has 0 aliphatic heterocycles. The number of hydrogen-bond acceptors (Lipinski definition) is 2. The van der Waals surface area contributed by atoms with Crippen molar-refractivity contribution in [3.63, 3.8) is 0 Å². The Kier molecular flexibility index (Phi) is 3.64. The van der Waals surface area contributed by atoms with Crippen molar-refractivity contribution in [3.05, 3.63) is 108 Å². The fourth-order valence-corrected chi connectivity index (χ4v) is 7.30. The summed E-state index contributed by atoms with van der Waals surface area (Å²) in [5.41, 5.74) is 8.99. The van der Waals surface area contributed by atoms with Gasteiger partial charge in [0.1, 0.15) is 0 Å². The van der Waals surface area contributed by atoms with Gasteiger partial charge in [0.15, 0.2) is 5.13 Å². The number of nitrogens with zero attached hydrogens (tertiary/aromatic N) is 2. The highest BCUT2D eigenvalue weighted by Crippen LogP contribution is 2.53. The Morgan fingerprint density at radius 2 is 1.46 bits per heavy atom. The van der Waals surface area contributed by atoms with E-state index < -0.39 is 0 Å². The van der Waals surface area contributed by atoms with E-state index in [-0.39, 0.29) is 5.41 Å². The third-order valence-corrected chi connectivity index (χ3v) is 8.83. The number of benzene rings is 5. The van der Waals surface area contributed by atoms with Gasteiger partial charge in [0.25, 0.3) is 0 Å². The van der Waals surface area contributed by atoms with Crippen molar-refractivity contribution in [3.8, 4) is 16.3 Å². The molecule has 8 rings (SSSR count). The lowest BCUT2D eigenvalue weighted by Gasteiger charge is -2.23. The maximum absolute atomic E-state index is 5.05. The third kappa shape index (κ3) is 2.41. The van der Waals surface area contributed by atoms with E-state index in [9.17, 15) is 0 Å². The van der Waals surface area contributed by atoms with Crippen LogP contribution in [-0.4, -0.2) is 9.55 Å². The second-order valence-corrected chi connectivity index (χ2v) is 11.0. The van der Waals surface area contributed by atoms with Crippen molar-refractivity contribution in [1.29, 1.82) is 0 Å². The van der Waals surface area contributed by atoms with Gasteiger partial charge in [0, 0.05) is 16.2 Å². The molecular formula is C32H22N2S. The van der Waals surface area contributed by atoms with Crippen LogP contribution in [0, 0.1) is 0 Å². The van der Waals surface area contributed by atoms with Gasteiger partial charge in [-0.3, -0.25) is 4.57 Å². The molecule has 0 radical (unpaired) electrons. The molecule has 0 N–H and O–H groups in total.